The van der Waals surface area contributed by atoms with Gasteiger partial charge in [-0.3, -0.25) is 0 Å². The zero-order valence-electron chi connectivity index (χ0n) is 9.47. The van der Waals surface area contributed by atoms with E-state index in [1.807, 2.05) is 0 Å². The fourth-order valence-corrected chi connectivity index (χ4v) is 1.67. The summed E-state index contributed by atoms with van der Waals surface area (Å²) in [6.07, 6.45) is 2.15. The Labute approximate surface area is 94.6 Å². The van der Waals surface area contributed by atoms with Crippen molar-refractivity contribution in [3.63, 3.8) is 0 Å². The van der Waals surface area contributed by atoms with Crippen LogP contribution < -0.4 is 11.5 Å². The molecule has 1 aromatic rings. The minimum absolute atomic E-state index is 0.00276. The van der Waals surface area contributed by atoms with Gasteiger partial charge in [-0.25, -0.2) is 8.78 Å². The highest BCUT2D eigenvalue weighted by molar-refractivity contribution is 5.28. The Bertz CT molecular complexity index is 353. The van der Waals surface area contributed by atoms with Gasteiger partial charge in [-0.05, 0) is 37.9 Å². The summed E-state index contributed by atoms with van der Waals surface area (Å²) in [7, 11) is 0. The number of hydrogen-bond donors (Lipinski definition) is 2. The van der Waals surface area contributed by atoms with Crippen LogP contribution in [0.3, 0.4) is 0 Å². The Morgan fingerprint density at radius 3 is 2.56 bits per heavy atom. The number of aryl methyl sites for hydroxylation is 1. The molecule has 1 aromatic carbocycles. The van der Waals surface area contributed by atoms with E-state index in [0.29, 0.717) is 18.5 Å². The number of nitrogens with two attached hydrogens (primary N) is 2. The molecule has 0 fully saturated rings. The van der Waals surface area contributed by atoms with Crippen LogP contribution in [0, 0.1) is 18.6 Å². The lowest BCUT2D eigenvalue weighted by Gasteiger charge is -2.14. The maximum atomic E-state index is 13.7. The van der Waals surface area contributed by atoms with Gasteiger partial charge in [-0.15, -0.1) is 0 Å². The largest absolute Gasteiger partial charge is 0.330 e. The van der Waals surface area contributed by atoms with Crippen molar-refractivity contribution in [1.29, 1.82) is 0 Å². The van der Waals surface area contributed by atoms with Crippen molar-refractivity contribution in [2.75, 3.05) is 6.54 Å². The number of rotatable bonds is 5. The van der Waals surface area contributed by atoms with Gasteiger partial charge in [0, 0.05) is 11.6 Å². The maximum Gasteiger partial charge on any atom is 0.133 e. The smallest absolute Gasteiger partial charge is 0.133 e. The molecule has 0 spiro atoms. The van der Waals surface area contributed by atoms with E-state index >= 15 is 0 Å². The van der Waals surface area contributed by atoms with Crippen LogP contribution in [-0.4, -0.2) is 6.54 Å². The fraction of sp³-hybridized carbons (Fsp3) is 0.500. The van der Waals surface area contributed by atoms with E-state index in [-0.39, 0.29) is 5.56 Å². The first-order valence-corrected chi connectivity index (χ1v) is 5.48. The summed E-state index contributed by atoms with van der Waals surface area (Å²) in [6, 6.07) is 2.09. The Morgan fingerprint density at radius 1 is 1.25 bits per heavy atom. The van der Waals surface area contributed by atoms with Gasteiger partial charge in [-0.1, -0.05) is 12.5 Å². The van der Waals surface area contributed by atoms with E-state index in [4.69, 9.17) is 11.5 Å². The van der Waals surface area contributed by atoms with Crippen LogP contribution in [0.5, 0.6) is 0 Å². The van der Waals surface area contributed by atoms with Gasteiger partial charge in [0.05, 0.1) is 0 Å². The van der Waals surface area contributed by atoms with Gasteiger partial charge in [0.25, 0.3) is 0 Å². The van der Waals surface area contributed by atoms with Crippen LogP contribution in [0.4, 0.5) is 8.78 Å². The number of halogens is 2. The van der Waals surface area contributed by atoms with E-state index in [2.05, 4.69) is 0 Å². The number of benzene rings is 1. The third-order valence-electron chi connectivity index (χ3n) is 2.66. The molecule has 0 aliphatic heterocycles. The van der Waals surface area contributed by atoms with Crippen molar-refractivity contribution < 1.29 is 8.78 Å². The Balaban J connectivity index is 2.81. The van der Waals surface area contributed by atoms with Gasteiger partial charge < -0.3 is 11.5 Å². The van der Waals surface area contributed by atoms with Crippen molar-refractivity contribution in [3.8, 4) is 0 Å². The second-order valence-electron chi connectivity index (χ2n) is 3.98. The molecule has 4 N–H and O–H groups in total. The molecule has 90 valence electrons. The van der Waals surface area contributed by atoms with E-state index in [1.54, 1.807) is 6.92 Å². The molecule has 1 atom stereocenters. The van der Waals surface area contributed by atoms with E-state index in [0.717, 1.165) is 12.8 Å². The second kappa shape index (κ2) is 5.92. The molecular formula is C12H18F2N2. The fourth-order valence-electron chi connectivity index (χ4n) is 1.67. The van der Waals surface area contributed by atoms with Gasteiger partial charge in [0.15, 0.2) is 0 Å². The van der Waals surface area contributed by atoms with Crippen molar-refractivity contribution in [1.82, 2.24) is 0 Å². The molecule has 0 aliphatic carbocycles. The zero-order chi connectivity index (χ0) is 12.1. The summed E-state index contributed by atoms with van der Waals surface area (Å²) in [4.78, 5) is 0. The van der Waals surface area contributed by atoms with Crippen LogP contribution >= 0.6 is 0 Å². The molecule has 0 unspecified atom stereocenters. The normalized spacial score (nSPS) is 12.8. The topological polar surface area (TPSA) is 52.0 Å². The third kappa shape index (κ3) is 3.00. The highest BCUT2D eigenvalue weighted by atomic mass is 19.1. The van der Waals surface area contributed by atoms with Crippen molar-refractivity contribution in [3.05, 3.63) is 34.9 Å². The molecular weight excluding hydrogens is 210 g/mol. The van der Waals surface area contributed by atoms with Crippen LogP contribution in [0.2, 0.25) is 0 Å². The summed E-state index contributed by atoms with van der Waals surface area (Å²) < 4.78 is 27.1. The molecule has 0 heterocycles. The Morgan fingerprint density at radius 2 is 1.94 bits per heavy atom. The first-order chi connectivity index (χ1) is 7.57. The van der Waals surface area contributed by atoms with E-state index in [9.17, 15) is 8.78 Å². The minimum atomic E-state index is -0.591. The van der Waals surface area contributed by atoms with Gasteiger partial charge in [0.2, 0.25) is 0 Å². The molecule has 0 amide bonds. The van der Waals surface area contributed by atoms with Crippen molar-refractivity contribution in [2.24, 2.45) is 11.5 Å². The van der Waals surface area contributed by atoms with Gasteiger partial charge in [0.1, 0.15) is 11.6 Å². The Hall–Kier alpha value is -1.00. The molecule has 1 rings (SSSR count). The standard InChI is InChI=1S/C12H18F2N2/c1-8-5-6-9(13)11(12(8)14)10(16)4-2-3-7-15/h5-6,10H,2-4,7,15-16H2,1H3/t10-/m0/s1. The van der Waals surface area contributed by atoms with Gasteiger partial charge >= 0.3 is 0 Å². The number of hydrogen-bond acceptors (Lipinski definition) is 2. The molecule has 4 heteroatoms. The van der Waals surface area contributed by atoms with Crippen LogP contribution in [-0.2, 0) is 0 Å². The SMILES string of the molecule is Cc1ccc(F)c([C@@H](N)CCCCN)c1F. The average Bonchev–Trinajstić information content (AvgIpc) is 2.24. The van der Waals surface area contributed by atoms with Crippen LogP contribution in [0.1, 0.15) is 36.4 Å². The quantitative estimate of drug-likeness (QED) is 0.760. The molecule has 0 saturated heterocycles. The lowest BCUT2D eigenvalue weighted by molar-refractivity contribution is 0.497. The van der Waals surface area contributed by atoms with Crippen molar-refractivity contribution >= 4 is 0 Å². The second-order valence-corrected chi connectivity index (χ2v) is 3.98. The van der Waals surface area contributed by atoms with Crippen LogP contribution in [0.15, 0.2) is 12.1 Å². The summed E-state index contributed by atoms with van der Waals surface area (Å²) >= 11 is 0. The first kappa shape index (κ1) is 13.1. The molecule has 2 nitrogen and oxygen atoms in total. The monoisotopic (exact) mass is 228 g/mol. The molecule has 0 radical (unpaired) electrons. The predicted molar refractivity (Wildman–Crippen MR) is 60.9 cm³/mol. The lowest BCUT2D eigenvalue weighted by Crippen LogP contribution is -2.15. The highest BCUT2D eigenvalue weighted by Gasteiger charge is 2.17. The average molecular weight is 228 g/mol. The lowest BCUT2D eigenvalue weighted by atomic mass is 9.99. The van der Waals surface area contributed by atoms with Crippen LogP contribution in [0.25, 0.3) is 0 Å². The summed E-state index contributed by atoms with van der Waals surface area (Å²) in [5, 5.41) is 0. The highest BCUT2D eigenvalue weighted by Crippen LogP contribution is 2.24. The maximum absolute atomic E-state index is 13.7. The summed E-state index contributed by atoms with van der Waals surface area (Å²) in [5.74, 6) is -1.09. The molecule has 0 bridgehead atoms. The molecule has 0 aliphatic rings. The summed E-state index contributed by atoms with van der Waals surface area (Å²) in [5.41, 5.74) is 11.6. The van der Waals surface area contributed by atoms with E-state index < -0.39 is 17.7 Å². The zero-order valence-corrected chi connectivity index (χ0v) is 9.47. The van der Waals surface area contributed by atoms with Gasteiger partial charge in [-0.2, -0.15) is 0 Å². The number of unbranched alkanes of at least 4 members (excludes halogenated alkanes) is 1. The molecule has 16 heavy (non-hydrogen) atoms. The van der Waals surface area contributed by atoms with E-state index in [1.165, 1.54) is 12.1 Å². The molecule has 0 saturated carbocycles. The van der Waals surface area contributed by atoms with Crippen molar-refractivity contribution in [2.45, 2.75) is 32.2 Å². The predicted octanol–water partition coefficient (Wildman–Crippen LogP) is 2.40. The minimum Gasteiger partial charge on any atom is -0.330 e. The third-order valence-corrected chi connectivity index (χ3v) is 2.66. The summed E-state index contributed by atoms with van der Waals surface area (Å²) in [6.45, 7) is 2.18. The first-order valence-electron chi connectivity index (χ1n) is 5.48. The molecule has 0 aromatic heterocycles. The Kier molecular flexibility index (Phi) is 4.83.